The Balaban J connectivity index is 0.000000671. The molecule has 0 amide bonds. The maximum absolute atomic E-state index is 5.79. The number of hydrogen-bond acceptors (Lipinski definition) is 3. The molecule has 0 aromatic carbocycles. The molecule has 0 fully saturated rings. The lowest BCUT2D eigenvalue weighted by atomic mass is 10.00. The highest BCUT2D eigenvalue weighted by Crippen LogP contribution is 2.19. The standard InChI is InChI=1S/C7H10ClN3.C2H6/c1-4(2)5-6(8)10-3-11-7(5)9;1-2/h3,5,7H,1,9H2,2H3;1-2H3. The number of halogens is 1. The minimum Gasteiger partial charge on any atom is -0.309 e. The number of hydrogen-bond donors (Lipinski definition) is 1. The molecule has 13 heavy (non-hydrogen) atoms. The molecule has 0 saturated carbocycles. The van der Waals surface area contributed by atoms with Crippen molar-refractivity contribution in [2.75, 3.05) is 0 Å². The van der Waals surface area contributed by atoms with Crippen LogP contribution in [-0.4, -0.2) is 17.7 Å². The highest BCUT2D eigenvalue weighted by Gasteiger charge is 2.24. The number of nitrogens with zero attached hydrogens (tertiary/aromatic N) is 2. The Kier molecular flexibility index (Phi) is 5.58. The number of aliphatic imine (C=N–C) groups is 2. The monoisotopic (exact) mass is 201 g/mol. The summed E-state index contributed by atoms with van der Waals surface area (Å²) in [6, 6.07) is 0. The van der Waals surface area contributed by atoms with Crippen molar-refractivity contribution < 1.29 is 0 Å². The molecule has 4 heteroatoms. The van der Waals surface area contributed by atoms with Crippen LogP contribution in [0, 0.1) is 5.92 Å². The first-order valence-corrected chi connectivity index (χ1v) is 4.66. The van der Waals surface area contributed by atoms with E-state index in [1.165, 1.54) is 6.34 Å². The molecule has 0 spiro atoms. The molecular formula is C9H16ClN3. The van der Waals surface area contributed by atoms with Crippen molar-refractivity contribution in [1.82, 2.24) is 0 Å². The Bertz CT molecular complexity index is 233. The van der Waals surface area contributed by atoms with Gasteiger partial charge in [0.15, 0.2) is 0 Å². The van der Waals surface area contributed by atoms with Crippen LogP contribution in [0.15, 0.2) is 22.1 Å². The fourth-order valence-electron chi connectivity index (χ4n) is 0.968. The topological polar surface area (TPSA) is 50.7 Å². The third kappa shape index (κ3) is 3.28. The Morgan fingerprint density at radius 1 is 1.62 bits per heavy atom. The fraction of sp³-hybridized carbons (Fsp3) is 0.556. The maximum Gasteiger partial charge on any atom is 0.118 e. The molecule has 2 N–H and O–H groups in total. The van der Waals surface area contributed by atoms with Gasteiger partial charge >= 0.3 is 0 Å². The maximum atomic E-state index is 5.79. The lowest BCUT2D eigenvalue weighted by Gasteiger charge is -2.21. The van der Waals surface area contributed by atoms with E-state index in [2.05, 4.69) is 16.6 Å². The molecule has 0 saturated heterocycles. The van der Waals surface area contributed by atoms with Gasteiger partial charge in [-0.2, -0.15) is 0 Å². The van der Waals surface area contributed by atoms with Crippen molar-refractivity contribution in [3.8, 4) is 0 Å². The summed E-state index contributed by atoms with van der Waals surface area (Å²) >= 11 is 5.79. The summed E-state index contributed by atoms with van der Waals surface area (Å²) in [7, 11) is 0. The molecular weight excluding hydrogens is 186 g/mol. The van der Waals surface area contributed by atoms with E-state index in [1.54, 1.807) is 0 Å². The average molecular weight is 202 g/mol. The Morgan fingerprint density at radius 3 is 2.46 bits per heavy atom. The van der Waals surface area contributed by atoms with E-state index in [-0.39, 0.29) is 12.1 Å². The van der Waals surface area contributed by atoms with Gasteiger partial charge in [0, 0.05) is 0 Å². The molecule has 2 atom stereocenters. The zero-order valence-corrected chi connectivity index (χ0v) is 9.04. The molecule has 1 heterocycles. The van der Waals surface area contributed by atoms with Gasteiger partial charge in [-0.25, -0.2) is 4.99 Å². The molecule has 3 nitrogen and oxygen atoms in total. The van der Waals surface area contributed by atoms with Crippen molar-refractivity contribution in [2.45, 2.75) is 26.9 Å². The van der Waals surface area contributed by atoms with Gasteiger partial charge in [-0.3, -0.25) is 4.99 Å². The van der Waals surface area contributed by atoms with Crippen molar-refractivity contribution in [2.24, 2.45) is 21.6 Å². The van der Waals surface area contributed by atoms with E-state index >= 15 is 0 Å². The summed E-state index contributed by atoms with van der Waals surface area (Å²) in [6.45, 7) is 9.62. The van der Waals surface area contributed by atoms with Gasteiger partial charge in [0.05, 0.1) is 5.92 Å². The predicted molar refractivity (Wildman–Crippen MR) is 59.4 cm³/mol. The molecule has 1 aliphatic rings. The second-order valence-corrected chi connectivity index (χ2v) is 2.92. The molecule has 0 radical (unpaired) electrons. The Morgan fingerprint density at radius 2 is 2.15 bits per heavy atom. The van der Waals surface area contributed by atoms with E-state index in [0.29, 0.717) is 5.17 Å². The molecule has 0 bridgehead atoms. The van der Waals surface area contributed by atoms with Crippen LogP contribution in [0.25, 0.3) is 0 Å². The zero-order chi connectivity index (χ0) is 10.4. The first-order chi connectivity index (χ1) is 6.13. The van der Waals surface area contributed by atoms with Crippen LogP contribution in [0.2, 0.25) is 0 Å². The smallest absolute Gasteiger partial charge is 0.118 e. The van der Waals surface area contributed by atoms with Gasteiger partial charge in [0.1, 0.15) is 17.7 Å². The Labute approximate surface area is 84.4 Å². The molecule has 1 aliphatic heterocycles. The highest BCUT2D eigenvalue weighted by molar-refractivity contribution is 6.66. The first kappa shape index (κ1) is 12.3. The van der Waals surface area contributed by atoms with Gasteiger partial charge in [0.25, 0.3) is 0 Å². The third-order valence-corrected chi connectivity index (χ3v) is 1.88. The zero-order valence-electron chi connectivity index (χ0n) is 8.29. The largest absolute Gasteiger partial charge is 0.309 e. The molecule has 0 aromatic rings. The van der Waals surface area contributed by atoms with Crippen molar-refractivity contribution >= 4 is 23.1 Å². The minimum absolute atomic E-state index is 0.110. The van der Waals surface area contributed by atoms with Crippen molar-refractivity contribution in [3.05, 3.63) is 12.2 Å². The van der Waals surface area contributed by atoms with Gasteiger partial charge in [-0.1, -0.05) is 37.6 Å². The quantitative estimate of drug-likeness (QED) is 0.650. The summed E-state index contributed by atoms with van der Waals surface area (Å²) in [5, 5.41) is 0.472. The van der Waals surface area contributed by atoms with Crippen molar-refractivity contribution in [3.63, 3.8) is 0 Å². The van der Waals surface area contributed by atoms with Crippen molar-refractivity contribution in [1.29, 1.82) is 0 Å². The molecule has 0 aromatic heterocycles. The van der Waals surface area contributed by atoms with Crippen LogP contribution < -0.4 is 5.73 Å². The average Bonchev–Trinajstić information content (AvgIpc) is 2.07. The van der Waals surface area contributed by atoms with Crippen LogP contribution >= 0.6 is 11.6 Å². The molecule has 0 aliphatic carbocycles. The summed E-state index contributed by atoms with van der Waals surface area (Å²) in [5.41, 5.74) is 6.54. The minimum atomic E-state index is -0.322. The normalized spacial score (nSPS) is 25.8. The van der Waals surface area contributed by atoms with E-state index in [9.17, 15) is 0 Å². The number of nitrogens with two attached hydrogens (primary N) is 1. The van der Waals surface area contributed by atoms with Gasteiger partial charge in [-0.15, -0.1) is 0 Å². The van der Waals surface area contributed by atoms with Gasteiger partial charge in [0.2, 0.25) is 0 Å². The van der Waals surface area contributed by atoms with Gasteiger partial charge in [-0.05, 0) is 6.92 Å². The lowest BCUT2D eigenvalue weighted by Crippen LogP contribution is -2.34. The second-order valence-electron chi connectivity index (χ2n) is 2.53. The fourth-order valence-corrected chi connectivity index (χ4v) is 1.33. The predicted octanol–water partition coefficient (Wildman–Crippen LogP) is 2.17. The van der Waals surface area contributed by atoms with Crippen LogP contribution in [0.4, 0.5) is 0 Å². The highest BCUT2D eigenvalue weighted by atomic mass is 35.5. The summed E-state index contributed by atoms with van der Waals surface area (Å²) < 4.78 is 0. The van der Waals surface area contributed by atoms with Crippen LogP contribution in [0.5, 0.6) is 0 Å². The van der Waals surface area contributed by atoms with E-state index < -0.39 is 0 Å². The first-order valence-electron chi connectivity index (χ1n) is 4.28. The summed E-state index contributed by atoms with van der Waals surface area (Å²) in [6.07, 6.45) is 1.06. The van der Waals surface area contributed by atoms with Crippen LogP contribution in [0.3, 0.4) is 0 Å². The molecule has 74 valence electrons. The van der Waals surface area contributed by atoms with Gasteiger partial charge < -0.3 is 5.73 Å². The van der Waals surface area contributed by atoms with E-state index in [0.717, 1.165) is 5.57 Å². The summed E-state index contributed by atoms with van der Waals surface area (Å²) in [4.78, 5) is 7.74. The SMILES string of the molecule is C=C(C)C1C(Cl)=NC=NC1N.CC. The second kappa shape index (κ2) is 5.89. The lowest BCUT2D eigenvalue weighted by molar-refractivity contribution is 0.613. The van der Waals surface area contributed by atoms with Crippen LogP contribution in [0.1, 0.15) is 20.8 Å². The van der Waals surface area contributed by atoms with E-state index in [1.807, 2.05) is 20.8 Å². The third-order valence-electron chi connectivity index (χ3n) is 1.55. The summed E-state index contributed by atoms with van der Waals surface area (Å²) in [5.74, 6) is -0.110. The molecule has 1 rings (SSSR count). The Hall–Kier alpha value is -0.670. The molecule has 2 unspecified atom stereocenters. The number of rotatable bonds is 1. The van der Waals surface area contributed by atoms with Crippen LogP contribution in [-0.2, 0) is 0 Å². The van der Waals surface area contributed by atoms with E-state index in [4.69, 9.17) is 17.3 Å².